The largest absolute Gasteiger partial charge is 0.385 e. The Bertz CT molecular complexity index is 454. The van der Waals surface area contributed by atoms with Gasteiger partial charge in [-0.05, 0) is 45.2 Å². The van der Waals surface area contributed by atoms with Crippen LogP contribution in [0, 0.1) is 6.92 Å². The molecule has 1 saturated heterocycles. The first-order chi connectivity index (χ1) is 9.70. The van der Waals surface area contributed by atoms with Crippen molar-refractivity contribution in [2.45, 2.75) is 39.2 Å². The molecule has 2 N–H and O–H groups in total. The highest BCUT2D eigenvalue weighted by Crippen LogP contribution is 2.18. The summed E-state index contributed by atoms with van der Waals surface area (Å²) >= 11 is 0. The molecule has 20 heavy (non-hydrogen) atoms. The zero-order chi connectivity index (χ0) is 14.4. The van der Waals surface area contributed by atoms with E-state index in [2.05, 4.69) is 10.6 Å². The molecule has 1 atom stereocenters. The number of hydrogen-bond donors (Lipinski definition) is 2. The van der Waals surface area contributed by atoms with Crippen molar-refractivity contribution in [3.63, 3.8) is 0 Å². The van der Waals surface area contributed by atoms with Crippen LogP contribution in [-0.2, 0) is 4.74 Å². The van der Waals surface area contributed by atoms with E-state index in [0.717, 1.165) is 49.2 Å². The smallest absolute Gasteiger partial charge is 0.253 e. The third-order valence-corrected chi connectivity index (χ3v) is 3.56. The van der Waals surface area contributed by atoms with Gasteiger partial charge in [-0.2, -0.15) is 0 Å². The lowest BCUT2D eigenvalue weighted by molar-refractivity contribution is 0.0908. The summed E-state index contributed by atoms with van der Waals surface area (Å²) in [6.07, 6.45) is 3.47. The number of amides is 1. The standard InChI is InChI=1S/C16H24N2O2/c1-3-17-15-7-6-12(2)11-14(15)16(19)18-9-8-13-5-4-10-20-13/h6-7,11,13,17H,3-5,8-10H2,1-2H3,(H,18,19). The van der Waals surface area contributed by atoms with Crippen molar-refractivity contribution in [2.24, 2.45) is 0 Å². The third-order valence-electron chi connectivity index (χ3n) is 3.56. The molecular weight excluding hydrogens is 252 g/mol. The Kier molecular flexibility index (Phi) is 5.41. The maximum atomic E-state index is 12.3. The summed E-state index contributed by atoms with van der Waals surface area (Å²) in [5, 5.41) is 6.22. The molecule has 2 rings (SSSR count). The molecule has 1 unspecified atom stereocenters. The molecule has 0 aliphatic carbocycles. The Morgan fingerprint density at radius 2 is 2.30 bits per heavy atom. The molecule has 0 saturated carbocycles. The van der Waals surface area contributed by atoms with Crippen molar-refractivity contribution in [1.82, 2.24) is 5.32 Å². The molecule has 110 valence electrons. The summed E-state index contributed by atoms with van der Waals surface area (Å²) in [5.74, 6) is -0.0114. The summed E-state index contributed by atoms with van der Waals surface area (Å²) in [7, 11) is 0. The van der Waals surface area contributed by atoms with Gasteiger partial charge in [-0.15, -0.1) is 0 Å². The third kappa shape index (κ3) is 3.97. The van der Waals surface area contributed by atoms with E-state index < -0.39 is 0 Å². The molecule has 1 amide bonds. The average Bonchev–Trinajstić information content (AvgIpc) is 2.94. The van der Waals surface area contributed by atoms with Crippen LogP contribution < -0.4 is 10.6 Å². The molecule has 0 bridgehead atoms. The van der Waals surface area contributed by atoms with E-state index in [4.69, 9.17) is 4.74 Å². The monoisotopic (exact) mass is 276 g/mol. The molecule has 0 spiro atoms. The van der Waals surface area contributed by atoms with Gasteiger partial charge in [0, 0.05) is 25.4 Å². The molecule has 1 aliphatic rings. The van der Waals surface area contributed by atoms with Gasteiger partial charge in [-0.1, -0.05) is 11.6 Å². The van der Waals surface area contributed by atoms with Gasteiger partial charge in [0.15, 0.2) is 0 Å². The summed E-state index contributed by atoms with van der Waals surface area (Å²) in [5.41, 5.74) is 2.71. The minimum Gasteiger partial charge on any atom is -0.385 e. The SMILES string of the molecule is CCNc1ccc(C)cc1C(=O)NCCC1CCCO1. The number of carbonyl (C=O) groups excluding carboxylic acids is 1. The van der Waals surface area contributed by atoms with Crippen molar-refractivity contribution in [1.29, 1.82) is 0 Å². The van der Waals surface area contributed by atoms with Crippen molar-refractivity contribution < 1.29 is 9.53 Å². The van der Waals surface area contributed by atoms with Crippen LogP contribution in [0.5, 0.6) is 0 Å². The lowest BCUT2D eigenvalue weighted by Crippen LogP contribution is -2.27. The zero-order valence-electron chi connectivity index (χ0n) is 12.4. The molecule has 0 aromatic heterocycles. The van der Waals surface area contributed by atoms with E-state index in [1.807, 2.05) is 32.0 Å². The summed E-state index contributed by atoms with van der Waals surface area (Å²) in [6.45, 7) is 6.36. The lowest BCUT2D eigenvalue weighted by Gasteiger charge is -2.13. The molecule has 1 aliphatic heterocycles. The van der Waals surface area contributed by atoms with Crippen LogP contribution in [0.3, 0.4) is 0 Å². The van der Waals surface area contributed by atoms with Gasteiger partial charge in [-0.3, -0.25) is 4.79 Å². The van der Waals surface area contributed by atoms with E-state index in [1.54, 1.807) is 0 Å². The summed E-state index contributed by atoms with van der Waals surface area (Å²) in [4.78, 5) is 12.3. The molecule has 1 aromatic carbocycles. The Hall–Kier alpha value is -1.55. The molecule has 4 heteroatoms. The van der Waals surface area contributed by atoms with Crippen LogP contribution in [-0.4, -0.2) is 31.7 Å². The quantitative estimate of drug-likeness (QED) is 0.840. The van der Waals surface area contributed by atoms with E-state index in [9.17, 15) is 4.79 Å². The van der Waals surface area contributed by atoms with Crippen molar-refractivity contribution in [2.75, 3.05) is 25.0 Å². The zero-order valence-corrected chi connectivity index (χ0v) is 12.4. The number of hydrogen-bond acceptors (Lipinski definition) is 3. The number of rotatable bonds is 6. The van der Waals surface area contributed by atoms with Gasteiger partial charge < -0.3 is 15.4 Å². The Labute approximate surface area is 120 Å². The Morgan fingerprint density at radius 1 is 1.45 bits per heavy atom. The maximum absolute atomic E-state index is 12.3. The van der Waals surface area contributed by atoms with Crippen LogP contribution in [0.1, 0.15) is 42.1 Å². The van der Waals surface area contributed by atoms with E-state index in [1.165, 1.54) is 0 Å². The maximum Gasteiger partial charge on any atom is 0.253 e. The Balaban J connectivity index is 1.91. The molecular formula is C16H24N2O2. The van der Waals surface area contributed by atoms with Crippen molar-refractivity contribution in [3.05, 3.63) is 29.3 Å². The van der Waals surface area contributed by atoms with Gasteiger partial charge in [-0.25, -0.2) is 0 Å². The second-order valence-corrected chi connectivity index (χ2v) is 5.26. The second kappa shape index (κ2) is 7.29. The molecule has 1 aromatic rings. The van der Waals surface area contributed by atoms with Crippen molar-refractivity contribution >= 4 is 11.6 Å². The van der Waals surface area contributed by atoms with E-state index in [0.29, 0.717) is 12.6 Å². The number of carbonyl (C=O) groups is 1. The minimum absolute atomic E-state index is 0.0114. The highest BCUT2D eigenvalue weighted by atomic mass is 16.5. The van der Waals surface area contributed by atoms with Crippen LogP contribution in [0.2, 0.25) is 0 Å². The second-order valence-electron chi connectivity index (χ2n) is 5.26. The van der Waals surface area contributed by atoms with Crippen LogP contribution in [0.25, 0.3) is 0 Å². The van der Waals surface area contributed by atoms with Crippen LogP contribution in [0.4, 0.5) is 5.69 Å². The van der Waals surface area contributed by atoms with Gasteiger partial charge in [0.1, 0.15) is 0 Å². The fourth-order valence-electron chi connectivity index (χ4n) is 2.50. The average molecular weight is 276 g/mol. The number of anilines is 1. The molecule has 0 radical (unpaired) electrons. The summed E-state index contributed by atoms with van der Waals surface area (Å²) < 4.78 is 5.56. The fourth-order valence-corrected chi connectivity index (χ4v) is 2.50. The predicted octanol–water partition coefficient (Wildman–Crippen LogP) is 2.73. The first-order valence-corrected chi connectivity index (χ1v) is 7.45. The van der Waals surface area contributed by atoms with Crippen LogP contribution in [0.15, 0.2) is 18.2 Å². The van der Waals surface area contributed by atoms with Crippen molar-refractivity contribution in [3.8, 4) is 0 Å². The topological polar surface area (TPSA) is 50.4 Å². The molecule has 4 nitrogen and oxygen atoms in total. The molecule has 1 heterocycles. The van der Waals surface area contributed by atoms with E-state index in [-0.39, 0.29) is 5.91 Å². The summed E-state index contributed by atoms with van der Waals surface area (Å²) in [6, 6.07) is 5.91. The minimum atomic E-state index is -0.0114. The first kappa shape index (κ1) is 14.9. The van der Waals surface area contributed by atoms with Gasteiger partial charge in [0.2, 0.25) is 0 Å². The van der Waals surface area contributed by atoms with Gasteiger partial charge >= 0.3 is 0 Å². The normalized spacial score (nSPS) is 18.0. The number of nitrogens with one attached hydrogen (secondary N) is 2. The Morgan fingerprint density at radius 3 is 3.00 bits per heavy atom. The first-order valence-electron chi connectivity index (χ1n) is 7.45. The molecule has 1 fully saturated rings. The predicted molar refractivity (Wildman–Crippen MR) is 81.3 cm³/mol. The van der Waals surface area contributed by atoms with Gasteiger partial charge in [0.05, 0.1) is 11.7 Å². The van der Waals surface area contributed by atoms with Crippen LogP contribution >= 0.6 is 0 Å². The van der Waals surface area contributed by atoms with Gasteiger partial charge in [0.25, 0.3) is 5.91 Å². The lowest BCUT2D eigenvalue weighted by atomic mass is 10.1. The number of aryl methyl sites for hydroxylation is 1. The fraction of sp³-hybridized carbons (Fsp3) is 0.562. The number of benzene rings is 1. The number of ether oxygens (including phenoxy) is 1. The van der Waals surface area contributed by atoms with E-state index >= 15 is 0 Å². The highest BCUT2D eigenvalue weighted by molar-refractivity contribution is 5.99. The highest BCUT2D eigenvalue weighted by Gasteiger charge is 2.16.